The number of benzene rings is 1. The predicted molar refractivity (Wildman–Crippen MR) is 97.5 cm³/mol. The number of nitrogens with zero attached hydrogens (tertiary/aromatic N) is 3. The third kappa shape index (κ3) is 3.27. The first-order valence-corrected chi connectivity index (χ1v) is 9.04. The second-order valence-electron chi connectivity index (χ2n) is 6.81. The van der Waals surface area contributed by atoms with E-state index in [0.29, 0.717) is 21.9 Å². The largest absolute Gasteiger partial charge is 0.491 e. The van der Waals surface area contributed by atoms with Crippen LogP contribution >= 0.6 is 0 Å². The number of cyclic esters (lactones) is 1. The topological polar surface area (TPSA) is 106 Å². The highest BCUT2D eigenvalue weighted by Gasteiger charge is 2.44. The van der Waals surface area contributed by atoms with Gasteiger partial charge in [-0.3, -0.25) is 9.36 Å². The number of carboxylic acid groups (broad SMARTS) is 1. The Morgan fingerprint density at radius 3 is 2.83 bits per heavy atom. The number of amides is 1. The Hall–Kier alpha value is -3.44. The lowest BCUT2D eigenvalue weighted by molar-refractivity contribution is -0.137. The van der Waals surface area contributed by atoms with E-state index in [2.05, 4.69) is 15.0 Å². The Morgan fingerprint density at radius 1 is 1.37 bits per heavy atom. The van der Waals surface area contributed by atoms with E-state index >= 15 is 4.39 Å². The molecule has 1 aromatic heterocycles. The molecule has 0 radical (unpaired) electrons. The van der Waals surface area contributed by atoms with Gasteiger partial charge in [0.05, 0.1) is 12.1 Å². The number of imidazole rings is 1. The van der Waals surface area contributed by atoms with Crippen LogP contribution in [-0.2, 0) is 16.1 Å². The van der Waals surface area contributed by atoms with Crippen LogP contribution in [0.5, 0.6) is 5.75 Å². The maximum atomic E-state index is 15.1. The van der Waals surface area contributed by atoms with Crippen molar-refractivity contribution in [1.29, 1.82) is 0 Å². The molecule has 1 unspecified atom stereocenters. The van der Waals surface area contributed by atoms with Gasteiger partial charge in [0, 0.05) is 11.8 Å². The molecule has 1 aromatic carbocycles. The lowest BCUT2D eigenvalue weighted by Gasteiger charge is -2.18. The van der Waals surface area contributed by atoms with Gasteiger partial charge < -0.3 is 19.9 Å². The van der Waals surface area contributed by atoms with Gasteiger partial charge in [-0.05, 0) is 19.1 Å². The number of ether oxygens (including phenoxy) is 2. The first-order valence-electron chi connectivity index (χ1n) is 9.04. The van der Waals surface area contributed by atoms with Gasteiger partial charge >= 0.3 is 12.1 Å². The van der Waals surface area contributed by atoms with Crippen molar-refractivity contribution >= 4 is 23.6 Å². The van der Waals surface area contributed by atoms with E-state index in [0.717, 1.165) is 4.57 Å². The molecule has 0 bridgehead atoms. The molecule has 2 N–H and O–H groups in total. The van der Waals surface area contributed by atoms with Gasteiger partial charge in [-0.1, -0.05) is 0 Å². The van der Waals surface area contributed by atoms with Gasteiger partial charge in [0.2, 0.25) is 5.95 Å². The van der Waals surface area contributed by atoms with Gasteiger partial charge in [0.1, 0.15) is 36.9 Å². The van der Waals surface area contributed by atoms with Gasteiger partial charge in [-0.2, -0.15) is 4.39 Å². The number of carbonyl (C=O) groups excluding carboxylic acids is 1. The lowest BCUT2D eigenvalue weighted by atomic mass is 10.1. The molecule has 1 saturated heterocycles. The first kappa shape index (κ1) is 19.9. The fraction of sp³-hybridized carbons (Fsp3) is 0.389. The Kier molecular flexibility index (Phi) is 4.92. The van der Waals surface area contributed by atoms with Crippen LogP contribution in [0.2, 0.25) is 0 Å². The van der Waals surface area contributed by atoms with Gasteiger partial charge in [-0.15, -0.1) is 0 Å². The van der Waals surface area contributed by atoms with E-state index in [9.17, 15) is 18.4 Å². The molecular formula is C18H17F3N4O5. The standard InChI is InChI=1S/C18H17F3N4O5/c1-8(17(26)27)22-9-2-3-10-12(6-9)29-5-4-24-14(21)16(23-15(10)24)25-11(13(19)20)7-30-18(25)28/h2-3,6,8,11,13,22H,4-5,7H2,1H3,(H,26,27)/t8?,11-/m0/s1. The minimum Gasteiger partial charge on any atom is -0.491 e. The summed E-state index contributed by atoms with van der Waals surface area (Å²) < 4.78 is 53.0. The molecule has 3 heterocycles. The second kappa shape index (κ2) is 7.43. The van der Waals surface area contributed by atoms with Gasteiger partial charge in [0.25, 0.3) is 6.43 Å². The van der Waals surface area contributed by atoms with E-state index in [1.54, 1.807) is 18.2 Å². The van der Waals surface area contributed by atoms with Crippen LogP contribution in [0.25, 0.3) is 11.4 Å². The van der Waals surface area contributed by atoms with Crippen LogP contribution in [0.3, 0.4) is 0 Å². The van der Waals surface area contributed by atoms with Crippen LogP contribution in [0.15, 0.2) is 18.2 Å². The van der Waals surface area contributed by atoms with Crippen molar-refractivity contribution in [3.8, 4) is 17.1 Å². The molecule has 1 fully saturated rings. The third-order valence-corrected chi connectivity index (χ3v) is 4.86. The monoisotopic (exact) mass is 426 g/mol. The summed E-state index contributed by atoms with van der Waals surface area (Å²) in [6.45, 7) is 0.985. The van der Waals surface area contributed by atoms with Gasteiger partial charge in [0.15, 0.2) is 5.82 Å². The van der Waals surface area contributed by atoms with Crippen LogP contribution in [0, 0.1) is 5.95 Å². The SMILES string of the molecule is CC(Nc1ccc2c(c1)OCCn1c-2nc(N2C(=O)OC[C@H]2C(F)F)c1F)C(=O)O. The molecule has 2 aliphatic heterocycles. The molecular weight excluding hydrogens is 409 g/mol. The minimum absolute atomic E-state index is 0.0272. The number of aliphatic carboxylic acids is 1. The Balaban J connectivity index is 1.74. The molecule has 2 atom stereocenters. The molecule has 0 saturated carbocycles. The number of alkyl halides is 2. The number of aromatic nitrogens is 2. The first-order chi connectivity index (χ1) is 14.3. The number of nitrogens with one attached hydrogen (secondary N) is 1. The van der Waals surface area contributed by atoms with Crippen molar-refractivity contribution in [3.05, 3.63) is 24.1 Å². The quantitative estimate of drug-likeness (QED) is 0.757. The number of fused-ring (bicyclic) bond motifs is 3. The maximum absolute atomic E-state index is 15.1. The van der Waals surface area contributed by atoms with Crippen molar-refractivity contribution in [3.63, 3.8) is 0 Å². The number of carboxylic acids is 1. The number of hydrogen-bond acceptors (Lipinski definition) is 6. The highest BCUT2D eigenvalue weighted by Crippen LogP contribution is 2.38. The normalized spacial score (nSPS) is 18.9. The smallest absolute Gasteiger partial charge is 0.416 e. The Morgan fingerprint density at radius 2 is 2.13 bits per heavy atom. The molecule has 9 nitrogen and oxygen atoms in total. The fourth-order valence-corrected chi connectivity index (χ4v) is 3.32. The Bertz CT molecular complexity index is 1010. The molecule has 4 rings (SSSR count). The minimum atomic E-state index is -2.93. The third-order valence-electron chi connectivity index (χ3n) is 4.86. The van der Waals surface area contributed by atoms with E-state index in [1.165, 1.54) is 6.92 Å². The number of rotatable bonds is 5. The van der Waals surface area contributed by atoms with Crippen molar-refractivity contribution in [1.82, 2.24) is 9.55 Å². The van der Waals surface area contributed by atoms with Crippen LogP contribution in [0.4, 0.5) is 29.5 Å². The second-order valence-corrected chi connectivity index (χ2v) is 6.81. The summed E-state index contributed by atoms with van der Waals surface area (Å²) in [5, 5.41) is 11.8. The molecule has 160 valence electrons. The number of carbonyl (C=O) groups is 2. The van der Waals surface area contributed by atoms with E-state index < -0.39 is 48.9 Å². The predicted octanol–water partition coefficient (Wildman–Crippen LogP) is 2.56. The van der Waals surface area contributed by atoms with Crippen molar-refractivity contribution < 1.29 is 37.3 Å². The summed E-state index contributed by atoms with van der Waals surface area (Å²) in [5.41, 5.74) is 0.831. The summed E-state index contributed by atoms with van der Waals surface area (Å²) in [5.74, 6) is -2.12. The highest BCUT2D eigenvalue weighted by molar-refractivity contribution is 5.90. The molecule has 0 spiro atoms. The fourth-order valence-electron chi connectivity index (χ4n) is 3.32. The van der Waals surface area contributed by atoms with Crippen molar-refractivity contribution in [2.24, 2.45) is 0 Å². The number of hydrogen-bond donors (Lipinski definition) is 2. The molecule has 30 heavy (non-hydrogen) atoms. The lowest BCUT2D eigenvalue weighted by Crippen LogP contribution is -2.39. The molecule has 0 aliphatic carbocycles. The maximum Gasteiger partial charge on any atom is 0.416 e. The zero-order valence-corrected chi connectivity index (χ0v) is 15.6. The summed E-state index contributed by atoms with van der Waals surface area (Å²) in [6, 6.07) is 2.17. The number of halogens is 3. The molecule has 12 heteroatoms. The average Bonchev–Trinajstić information content (AvgIpc) is 3.16. The van der Waals surface area contributed by atoms with Gasteiger partial charge in [-0.25, -0.2) is 23.5 Å². The summed E-state index contributed by atoms with van der Waals surface area (Å²) in [4.78, 5) is 27.6. The van der Waals surface area contributed by atoms with Crippen molar-refractivity contribution in [2.45, 2.75) is 32.0 Å². The zero-order chi connectivity index (χ0) is 21.6. The Labute approximate surface area is 168 Å². The van der Waals surface area contributed by atoms with E-state index in [4.69, 9.17) is 9.84 Å². The van der Waals surface area contributed by atoms with Crippen LogP contribution in [-0.4, -0.2) is 58.4 Å². The average molecular weight is 426 g/mol. The molecule has 1 amide bonds. The summed E-state index contributed by atoms with van der Waals surface area (Å²) >= 11 is 0. The number of anilines is 2. The van der Waals surface area contributed by atoms with Crippen molar-refractivity contribution in [2.75, 3.05) is 23.4 Å². The summed E-state index contributed by atoms with van der Waals surface area (Å²) in [7, 11) is 0. The molecule has 2 aromatic rings. The van der Waals surface area contributed by atoms with Crippen LogP contribution < -0.4 is 15.0 Å². The van der Waals surface area contributed by atoms with E-state index in [-0.39, 0.29) is 19.0 Å². The summed E-state index contributed by atoms with van der Waals surface area (Å²) in [6.07, 6.45) is -4.02. The van der Waals surface area contributed by atoms with E-state index in [1.807, 2.05) is 0 Å². The highest BCUT2D eigenvalue weighted by atomic mass is 19.3. The zero-order valence-electron chi connectivity index (χ0n) is 15.6. The molecule has 2 aliphatic rings. The van der Waals surface area contributed by atoms with Crippen LogP contribution in [0.1, 0.15) is 6.92 Å².